The molecule has 1 saturated heterocycles. The van der Waals surface area contributed by atoms with Crippen LogP contribution in [0.4, 0.5) is 4.79 Å². The molecule has 0 saturated carbocycles. The van der Waals surface area contributed by atoms with Gasteiger partial charge in [0.15, 0.2) is 0 Å². The van der Waals surface area contributed by atoms with Crippen molar-refractivity contribution in [3.8, 4) is 17.6 Å². The van der Waals surface area contributed by atoms with Crippen molar-refractivity contribution in [3.63, 3.8) is 0 Å². The third-order valence-electron chi connectivity index (χ3n) is 5.91. The quantitative estimate of drug-likeness (QED) is 0.149. The number of thioether (sulfide) groups is 1. The van der Waals surface area contributed by atoms with Crippen LogP contribution in [0.2, 0.25) is 0 Å². The Hall–Kier alpha value is -2.46. The van der Waals surface area contributed by atoms with E-state index in [-0.39, 0.29) is 18.0 Å². The Labute approximate surface area is 210 Å². The van der Waals surface area contributed by atoms with Crippen LogP contribution in [0.1, 0.15) is 46.0 Å². The van der Waals surface area contributed by atoms with Gasteiger partial charge in [-0.3, -0.25) is 10.0 Å². The Morgan fingerprint density at radius 3 is 2.49 bits per heavy atom. The first-order chi connectivity index (χ1) is 16.7. The summed E-state index contributed by atoms with van der Waals surface area (Å²) in [6, 6.07) is 4.92. The van der Waals surface area contributed by atoms with E-state index in [1.54, 1.807) is 29.4 Å². The Kier molecular flexibility index (Phi) is 11.2. The van der Waals surface area contributed by atoms with Gasteiger partial charge in [0.25, 0.3) is 5.91 Å². The normalized spacial score (nSPS) is 17.6. The van der Waals surface area contributed by atoms with Gasteiger partial charge in [-0.15, -0.1) is 0 Å². The lowest BCUT2D eigenvalue weighted by Gasteiger charge is -2.46. The molecule has 0 bridgehead atoms. The Morgan fingerprint density at radius 1 is 1.20 bits per heavy atom. The van der Waals surface area contributed by atoms with Crippen molar-refractivity contribution in [1.82, 2.24) is 15.1 Å². The molecule has 0 aromatic heterocycles. The van der Waals surface area contributed by atoms with E-state index >= 15 is 0 Å². The number of hydroxylamine groups is 1. The molecule has 35 heavy (non-hydrogen) atoms. The van der Waals surface area contributed by atoms with Crippen LogP contribution in [0.3, 0.4) is 0 Å². The summed E-state index contributed by atoms with van der Waals surface area (Å²) in [5, 5.41) is 20.1. The molecule has 1 atom stereocenters. The van der Waals surface area contributed by atoms with Gasteiger partial charge in [0, 0.05) is 30.0 Å². The topological polar surface area (TPSA) is 145 Å². The van der Waals surface area contributed by atoms with Crippen LogP contribution in [0.25, 0.3) is 0 Å². The fraction of sp³-hybridized carbons (Fsp3) is 0.565. The second-order valence-corrected chi connectivity index (χ2v) is 11.3. The van der Waals surface area contributed by atoms with Gasteiger partial charge < -0.3 is 15.2 Å². The number of carbonyl (C=O) groups excluding carboxylic acids is 1. The van der Waals surface area contributed by atoms with Crippen LogP contribution < -0.4 is 15.5 Å². The fourth-order valence-electron chi connectivity index (χ4n) is 3.98. The van der Waals surface area contributed by atoms with Crippen molar-refractivity contribution in [2.24, 2.45) is 0 Å². The second kappa shape index (κ2) is 13.6. The number of ether oxygens (including phenoxy) is 1. The lowest BCUT2D eigenvalue weighted by atomic mass is 9.92. The van der Waals surface area contributed by atoms with Gasteiger partial charge in [-0.25, -0.2) is 18.7 Å². The molecule has 2 rings (SSSR count). The minimum atomic E-state index is -4.00. The molecule has 1 aromatic rings. The maximum absolute atomic E-state index is 13.4. The van der Waals surface area contributed by atoms with Gasteiger partial charge in [-0.2, -0.15) is 16.1 Å². The number of benzene rings is 1. The zero-order chi connectivity index (χ0) is 25.9. The number of amides is 2. The van der Waals surface area contributed by atoms with Gasteiger partial charge in [0.05, 0.1) is 4.90 Å². The Balaban J connectivity index is 2.02. The summed E-state index contributed by atoms with van der Waals surface area (Å²) in [7, 11) is -4.00. The van der Waals surface area contributed by atoms with E-state index in [0.717, 1.165) is 6.42 Å². The zero-order valence-corrected chi connectivity index (χ0v) is 21.6. The zero-order valence-electron chi connectivity index (χ0n) is 20.0. The van der Waals surface area contributed by atoms with E-state index in [0.29, 0.717) is 43.7 Å². The van der Waals surface area contributed by atoms with Crippen molar-refractivity contribution >= 4 is 33.8 Å². The molecule has 194 valence electrons. The molecule has 1 aliphatic rings. The molecular formula is C23H33N3O7S2. The number of carboxylic acid groups (broad SMARTS) is 1. The number of unbranched alkanes of at least 4 members (excludes halogenated alkanes) is 2. The highest BCUT2D eigenvalue weighted by molar-refractivity contribution is 8.01. The number of sulfonamides is 1. The van der Waals surface area contributed by atoms with E-state index in [9.17, 15) is 23.2 Å². The fourth-order valence-corrected chi connectivity index (χ4v) is 7.31. The second-order valence-electron chi connectivity index (χ2n) is 7.92. The first-order valence-electron chi connectivity index (χ1n) is 11.5. The average Bonchev–Trinajstić information content (AvgIpc) is 2.86. The Bertz CT molecular complexity index is 1020. The minimum Gasteiger partial charge on any atom is -0.481 e. The van der Waals surface area contributed by atoms with Gasteiger partial charge in [0.2, 0.25) is 10.0 Å². The highest BCUT2D eigenvalue weighted by Gasteiger charge is 2.51. The number of nitrogens with zero attached hydrogens (tertiary/aromatic N) is 1. The average molecular weight is 528 g/mol. The number of hydrogen-bond acceptors (Lipinski definition) is 7. The summed E-state index contributed by atoms with van der Waals surface area (Å²) >= 11 is 1.56. The van der Waals surface area contributed by atoms with Crippen molar-refractivity contribution in [1.29, 1.82) is 0 Å². The molecule has 12 heteroatoms. The summed E-state index contributed by atoms with van der Waals surface area (Å²) in [6.07, 6.45) is 2.20. The standard InChI is InChI=1S/C23H33N3O7S2/c1-3-23(4-2)20(21(27)25-30)26(15-17-34-23)35(31,32)19-12-10-18(11-13-19)33-16-9-7-5-6-8-14-24-22(28)29/h10-13,20,24,30H,3-6,8,14-17H2,1-2H3,(H,25,27)(H,28,29)/t20-/m0/s1. The van der Waals surface area contributed by atoms with E-state index in [1.807, 2.05) is 13.8 Å². The van der Waals surface area contributed by atoms with E-state index in [2.05, 4.69) is 17.2 Å². The first kappa shape index (κ1) is 28.8. The maximum atomic E-state index is 13.4. The Morgan fingerprint density at radius 2 is 1.89 bits per heavy atom. The van der Waals surface area contributed by atoms with Crippen molar-refractivity contribution in [2.45, 2.75) is 61.6 Å². The molecule has 1 heterocycles. The minimum absolute atomic E-state index is 0.0367. The summed E-state index contributed by atoms with van der Waals surface area (Å²) in [6.45, 7) is 4.51. The molecule has 10 nitrogen and oxygen atoms in total. The van der Waals surface area contributed by atoms with Gasteiger partial charge in [-0.1, -0.05) is 25.7 Å². The maximum Gasteiger partial charge on any atom is 0.404 e. The van der Waals surface area contributed by atoms with Crippen LogP contribution >= 0.6 is 11.8 Å². The monoisotopic (exact) mass is 527 g/mol. The molecule has 2 amide bonds. The highest BCUT2D eigenvalue weighted by Crippen LogP contribution is 2.43. The SMILES string of the molecule is CCC1(CC)SCCN(S(=O)(=O)c2ccc(OCC#CCCCCNC(=O)O)cc2)[C@H]1C(=O)NO. The van der Waals surface area contributed by atoms with E-state index in [4.69, 9.17) is 9.84 Å². The molecular weight excluding hydrogens is 494 g/mol. The summed E-state index contributed by atoms with van der Waals surface area (Å²) in [5.74, 6) is 6.09. The number of hydrogen-bond donors (Lipinski definition) is 4. The lowest BCUT2D eigenvalue weighted by Crippen LogP contribution is -2.62. The number of carbonyl (C=O) groups is 2. The largest absolute Gasteiger partial charge is 0.481 e. The van der Waals surface area contributed by atoms with E-state index in [1.165, 1.54) is 16.4 Å². The van der Waals surface area contributed by atoms with Gasteiger partial charge in [0.1, 0.15) is 18.4 Å². The third-order valence-corrected chi connectivity index (χ3v) is 9.56. The molecule has 4 N–H and O–H groups in total. The number of rotatable bonds is 11. The van der Waals surface area contributed by atoms with Crippen LogP contribution in [-0.4, -0.2) is 71.3 Å². The highest BCUT2D eigenvalue weighted by atomic mass is 32.2. The van der Waals surface area contributed by atoms with Crippen LogP contribution in [0, 0.1) is 11.8 Å². The van der Waals surface area contributed by atoms with Crippen molar-refractivity contribution < 1.29 is 33.1 Å². The van der Waals surface area contributed by atoms with E-state index < -0.39 is 32.8 Å². The van der Waals surface area contributed by atoms with Gasteiger partial charge in [-0.05, 0) is 49.9 Å². The van der Waals surface area contributed by atoms with Crippen LogP contribution in [0.5, 0.6) is 5.75 Å². The first-order valence-corrected chi connectivity index (χ1v) is 13.9. The molecule has 1 aliphatic heterocycles. The summed E-state index contributed by atoms with van der Waals surface area (Å²) < 4.78 is 33.0. The molecule has 0 radical (unpaired) electrons. The molecule has 0 spiro atoms. The molecule has 1 aromatic carbocycles. The predicted octanol–water partition coefficient (Wildman–Crippen LogP) is 2.68. The number of nitrogens with one attached hydrogen (secondary N) is 2. The summed E-state index contributed by atoms with van der Waals surface area (Å²) in [4.78, 5) is 23.0. The van der Waals surface area contributed by atoms with Crippen LogP contribution in [0.15, 0.2) is 29.2 Å². The predicted molar refractivity (Wildman–Crippen MR) is 133 cm³/mol. The summed E-state index contributed by atoms with van der Waals surface area (Å²) in [5.41, 5.74) is 1.65. The smallest absolute Gasteiger partial charge is 0.404 e. The van der Waals surface area contributed by atoms with Crippen molar-refractivity contribution in [2.75, 3.05) is 25.4 Å². The third kappa shape index (κ3) is 7.51. The molecule has 0 unspecified atom stereocenters. The molecule has 1 fully saturated rings. The van der Waals surface area contributed by atoms with Gasteiger partial charge >= 0.3 is 6.09 Å². The molecule has 0 aliphatic carbocycles. The van der Waals surface area contributed by atoms with Crippen molar-refractivity contribution in [3.05, 3.63) is 24.3 Å². The lowest BCUT2D eigenvalue weighted by molar-refractivity contribution is -0.134. The van der Waals surface area contributed by atoms with Crippen LogP contribution in [-0.2, 0) is 14.8 Å².